The lowest BCUT2D eigenvalue weighted by molar-refractivity contribution is -0.113. The van der Waals surface area contributed by atoms with Gasteiger partial charge in [-0.25, -0.2) is 4.39 Å². The van der Waals surface area contributed by atoms with Crippen LogP contribution in [0, 0.1) is 12.7 Å². The molecule has 3 rings (SSSR count). The number of para-hydroxylation sites is 1. The van der Waals surface area contributed by atoms with Crippen LogP contribution >= 0.6 is 11.8 Å². The first-order valence-corrected chi connectivity index (χ1v) is 9.19. The average Bonchev–Trinajstić information content (AvgIpc) is 3.03. The number of aromatic nitrogens is 3. The third-order valence-corrected chi connectivity index (χ3v) is 5.01. The van der Waals surface area contributed by atoms with Crippen LogP contribution in [0.2, 0.25) is 0 Å². The maximum absolute atomic E-state index is 13.3. The van der Waals surface area contributed by atoms with Gasteiger partial charge in [0.1, 0.15) is 11.6 Å². The number of methoxy groups -OCH3 is 1. The Bertz CT molecular complexity index is 974. The van der Waals surface area contributed by atoms with Gasteiger partial charge in [-0.1, -0.05) is 30.0 Å². The topological polar surface area (TPSA) is 69.0 Å². The number of benzene rings is 2. The van der Waals surface area contributed by atoms with Crippen molar-refractivity contribution in [1.82, 2.24) is 14.8 Å². The highest BCUT2D eigenvalue weighted by Crippen LogP contribution is 2.30. The van der Waals surface area contributed by atoms with Crippen molar-refractivity contribution in [1.29, 1.82) is 0 Å². The number of hydrogen-bond donors (Lipinski definition) is 1. The number of rotatable bonds is 6. The van der Waals surface area contributed by atoms with E-state index in [4.69, 9.17) is 4.74 Å². The van der Waals surface area contributed by atoms with Crippen LogP contribution in [-0.2, 0) is 11.8 Å². The molecule has 27 heavy (non-hydrogen) atoms. The van der Waals surface area contributed by atoms with Gasteiger partial charge in [0.25, 0.3) is 0 Å². The Labute approximate surface area is 160 Å². The number of carbonyl (C=O) groups excluding carboxylic acids is 1. The van der Waals surface area contributed by atoms with Crippen molar-refractivity contribution in [3.63, 3.8) is 0 Å². The molecule has 0 aliphatic heterocycles. The number of nitrogens with zero attached hydrogens (tertiary/aromatic N) is 3. The van der Waals surface area contributed by atoms with Crippen molar-refractivity contribution in [2.45, 2.75) is 12.1 Å². The highest BCUT2D eigenvalue weighted by Gasteiger charge is 2.16. The minimum Gasteiger partial charge on any atom is -0.496 e. The molecule has 1 N–H and O–H groups in total. The summed E-state index contributed by atoms with van der Waals surface area (Å²) in [7, 11) is 3.43. The van der Waals surface area contributed by atoms with Gasteiger partial charge in [-0.2, -0.15) is 0 Å². The molecule has 0 bridgehead atoms. The van der Waals surface area contributed by atoms with Crippen LogP contribution in [0.4, 0.5) is 10.1 Å². The minimum absolute atomic E-state index is 0.133. The van der Waals surface area contributed by atoms with Gasteiger partial charge in [-0.3, -0.25) is 4.79 Å². The van der Waals surface area contributed by atoms with E-state index in [1.54, 1.807) is 13.2 Å². The lowest BCUT2D eigenvalue weighted by Crippen LogP contribution is -2.15. The van der Waals surface area contributed by atoms with E-state index in [0.29, 0.717) is 22.4 Å². The summed E-state index contributed by atoms with van der Waals surface area (Å²) >= 11 is 1.26. The van der Waals surface area contributed by atoms with E-state index >= 15 is 0 Å². The first-order chi connectivity index (χ1) is 13.0. The van der Waals surface area contributed by atoms with Crippen LogP contribution < -0.4 is 10.1 Å². The van der Waals surface area contributed by atoms with Crippen LogP contribution in [0.25, 0.3) is 11.4 Å². The third-order valence-electron chi connectivity index (χ3n) is 3.99. The molecule has 1 aromatic heterocycles. The fourth-order valence-corrected chi connectivity index (χ4v) is 3.26. The van der Waals surface area contributed by atoms with E-state index in [0.717, 1.165) is 11.1 Å². The summed E-state index contributed by atoms with van der Waals surface area (Å²) in [5.41, 5.74) is 2.09. The highest BCUT2D eigenvalue weighted by atomic mass is 32.2. The Kier molecular flexibility index (Phi) is 5.75. The molecular formula is C19H19FN4O2S. The smallest absolute Gasteiger partial charge is 0.234 e. The summed E-state index contributed by atoms with van der Waals surface area (Å²) in [6, 6.07) is 11.8. The standard InChI is InChI=1S/C19H19FN4O2S/c1-12-8-9-13(20)10-15(12)21-17(25)11-27-19-23-22-18(24(19)2)14-6-4-5-7-16(14)26-3/h4-10H,11H2,1-3H3,(H,21,25). The molecule has 0 saturated heterocycles. The number of aryl methyl sites for hydroxylation is 1. The minimum atomic E-state index is -0.390. The van der Waals surface area contributed by atoms with Crippen LogP contribution in [0.5, 0.6) is 5.75 Å². The van der Waals surface area contributed by atoms with E-state index < -0.39 is 5.82 Å². The molecule has 8 heteroatoms. The number of halogens is 1. The van der Waals surface area contributed by atoms with Gasteiger partial charge in [-0.05, 0) is 36.8 Å². The van der Waals surface area contributed by atoms with E-state index in [-0.39, 0.29) is 11.7 Å². The zero-order valence-electron chi connectivity index (χ0n) is 15.2. The maximum Gasteiger partial charge on any atom is 0.234 e. The number of carbonyl (C=O) groups is 1. The van der Waals surface area contributed by atoms with Crippen molar-refractivity contribution in [3.05, 3.63) is 53.8 Å². The molecule has 0 aliphatic rings. The maximum atomic E-state index is 13.3. The lowest BCUT2D eigenvalue weighted by Gasteiger charge is -2.09. The summed E-state index contributed by atoms with van der Waals surface area (Å²) in [5, 5.41) is 11.7. The van der Waals surface area contributed by atoms with Gasteiger partial charge in [-0.15, -0.1) is 10.2 Å². The van der Waals surface area contributed by atoms with E-state index in [2.05, 4.69) is 15.5 Å². The van der Waals surface area contributed by atoms with Gasteiger partial charge in [0.15, 0.2) is 11.0 Å². The molecule has 140 valence electrons. The predicted octanol–water partition coefficient (Wildman–Crippen LogP) is 3.67. The van der Waals surface area contributed by atoms with Gasteiger partial charge >= 0.3 is 0 Å². The van der Waals surface area contributed by atoms with Crippen LogP contribution in [0.3, 0.4) is 0 Å². The fraction of sp³-hybridized carbons (Fsp3) is 0.211. The second-order valence-corrected chi connectivity index (χ2v) is 6.80. The van der Waals surface area contributed by atoms with Crippen LogP contribution in [-0.4, -0.2) is 33.5 Å². The predicted molar refractivity (Wildman–Crippen MR) is 103 cm³/mol. The number of nitrogens with one attached hydrogen (secondary N) is 1. The van der Waals surface area contributed by atoms with Crippen molar-refractivity contribution in [3.8, 4) is 17.1 Å². The van der Waals surface area contributed by atoms with E-state index in [1.165, 1.54) is 23.9 Å². The van der Waals surface area contributed by atoms with Crippen LogP contribution in [0.15, 0.2) is 47.6 Å². The average molecular weight is 386 g/mol. The Balaban J connectivity index is 1.69. The molecule has 0 saturated carbocycles. The molecule has 0 aliphatic carbocycles. The summed E-state index contributed by atoms with van der Waals surface area (Å²) < 4.78 is 20.5. The Morgan fingerprint density at radius 1 is 1.26 bits per heavy atom. The number of amides is 1. The van der Waals surface area contributed by atoms with E-state index in [9.17, 15) is 9.18 Å². The first kappa shape index (κ1) is 18.9. The van der Waals surface area contributed by atoms with Gasteiger partial charge in [0.2, 0.25) is 5.91 Å². The summed E-state index contributed by atoms with van der Waals surface area (Å²) in [6.45, 7) is 1.81. The van der Waals surface area contributed by atoms with Gasteiger partial charge in [0.05, 0.1) is 18.4 Å². The summed E-state index contributed by atoms with van der Waals surface area (Å²) in [4.78, 5) is 12.2. The number of anilines is 1. The quantitative estimate of drug-likeness (QED) is 0.655. The normalized spacial score (nSPS) is 10.7. The first-order valence-electron chi connectivity index (χ1n) is 8.21. The molecule has 1 amide bonds. The van der Waals surface area contributed by atoms with Crippen molar-refractivity contribution < 1.29 is 13.9 Å². The van der Waals surface area contributed by atoms with Crippen molar-refractivity contribution >= 4 is 23.4 Å². The summed E-state index contributed by atoms with van der Waals surface area (Å²) in [5.74, 6) is 0.850. The summed E-state index contributed by atoms with van der Waals surface area (Å²) in [6.07, 6.45) is 0. The molecule has 1 heterocycles. The monoisotopic (exact) mass is 386 g/mol. The second-order valence-electron chi connectivity index (χ2n) is 5.86. The highest BCUT2D eigenvalue weighted by molar-refractivity contribution is 7.99. The Morgan fingerprint density at radius 3 is 2.81 bits per heavy atom. The molecule has 6 nitrogen and oxygen atoms in total. The van der Waals surface area contributed by atoms with Crippen molar-refractivity contribution in [2.75, 3.05) is 18.2 Å². The number of hydrogen-bond acceptors (Lipinski definition) is 5. The molecule has 0 atom stereocenters. The van der Waals surface area contributed by atoms with E-state index in [1.807, 2.05) is 42.8 Å². The molecule has 0 fully saturated rings. The van der Waals surface area contributed by atoms with Crippen LogP contribution in [0.1, 0.15) is 5.56 Å². The van der Waals surface area contributed by atoms with Crippen molar-refractivity contribution in [2.24, 2.45) is 7.05 Å². The molecule has 2 aromatic carbocycles. The number of thioether (sulfide) groups is 1. The number of ether oxygens (including phenoxy) is 1. The zero-order valence-corrected chi connectivity index (χ0v) is 16.0. The van der Waals surface area contributed by atoms with Gasteiger partial charge in [0, 0.05) is 12.7 Å². The molecule has 0 unspecified atom stereocenters. The molecular weight excluding hydrogens is 367 g/mol. The fourth-order valence-electron chi connectivity index (χ4n) is 2.55. The third kappa shape index (κ3) is 4.28. The largest absolute Gasteiger partial charge is 0.496 e. The SMILES string of the molecule is COc1ccccc1-c1nnc(SCC(=O)Nc2cc(F)ccc2C)n1C. The molecule has 0 radical (unpaired) electrons. The van der Waals surface area contributed by atoms with Gasteiger partial charge < -0.3 is 14.6 Å². The molecule has 3 aromatic rings. The second kappa shape index (κ2) is 8.22. The molecule has 0 spiro atoms. The Morgan fingerprint density at radius 2 is 2.04 bits per heavy atom. The Hall–Kier alpha value is -2.87. The lowest BCUT2D eigenvalue weighted by atomic mass is 10.2. The zero-order chi connectivity index (χ0) is 19.4.